The third kappa shape index (κ3) is 0.761. The van der Waals surface area contributed by atoms with E-state index in [1.54, 1.807) is 6.92 Å². The van der Waals surface area contributed by atoms with Crippen LogP contribution in [0.3, 0.4) is 0 Å². The lowest BCUT2D eigenvalue weighted by atomic mass is 10.3. The molecule has 2 rings (SSSR count). The molecule has 0 saturated carbocycles. The van der Waals surface area contributed by atoms with E-state index in [9.17, 15) is 5.11 Å². The highest BCUT2D eigenvalue weighted by atomic mass is 16.3. The van der Waals surface area contributed by atoms with Crippen LogP contribution in [0.4, 0.5) is 0 Å². The van der Waals surface area contributed by atoms with Crippen molar-refractivity contribution in [2.45, 2.75) is 13.8 Å². The largest absolute Gasteiger partial charge is 0.493 e. The molecule has 5 heteroatoms. The van der Waals surface area contributed by atoms with E-state index in [2.05, 4.69) is 15.1 Å². The Hall–Kier alpha value is -1.65. The summed E-state index contributed by atoms with van der Waals surface area (Å²) >= 11 is 0. The lowest BCUT2D eigenvalue weighted by Crippen LogP contribution is -1.97. The van der Waals surface area contributed by atoms with Gasteiger partial charge < -0.3 is 5.11 Å². The number of aryl methyl sites for hydroxylation is 1. The molecule has 2 aromatic heterocycles. The first-order valence-corrected chi connectivity index (χ1v) is 3.56. The van der Waals surface area contributed by atoms with Gasteiger partial charge in [0.15, 0.2) is 0 Å². The van der Waals surface area contributed by atoms with Gasteiger partial charge in [-0.25, -0.2) is 4.98 Å². The van der Waals surface area contributed by atoms with E-state index in [0.717, 1.165) is 11.3 Å². The predicted molar refractivity (Wildman–Crippen MR) is 41.9 cm³/mol. The fourth-order valence-electron chi connectivity index (χ4n) is 1.02. The van der Waals surface area contributed by atoms with Gasteiger partial charge in [0.25, 0.3) is 5.78 Å². The molecule has 0 bridgehead atoms. The predicted octanol–water partition coefficient (Wildman–Crippen LogP) is 0.447. The molecule has 0 atom stereocenters. The van der Waals surface area contributed by atoms with E-state index in [1.807, 2.05) is 6.92 Å². The molecule has 5 nitrogen and oxygen atoms in total. The Labute approximate surface area is 68.7 Å². The van der Waals surface area contributed by atoms with Crippen molar-refractivity contribution >= 4 is 5.78 Å². The van der Waals surface area contributed by atoms with E-state index < -0.39 is 0 Å². The monoisotopic (exact) mass is 164 g/mol. The molecule has 1 N–H and O–H groups in total. The molecule has 0 spiro atoms. The summed E-state index contributed by atoms with van der Waals surface area (Å²) < 4.78 is 1.31. The van der Waals surface area contributed by atoms with E-state index >= 15 is 0 Å². The van der Waals surface area contributed by atoms with Crippen LogP contribution >= 0.6 is 0 Å². The summed E-state index contributed by atoms with van der Waals surface area (Å²) in [5.41, 5.74) is 1.50. The summed E-state index contributed by atoms with van der Waals surface area (Å²) in [5.74, 6) is 0.533. The van der Waals surface area contributed by atoms with Crippen molar-refractivity contribution in [1.82, 2.24) is 19.6 Å². The zero-order valence-corrected chi connectivity index (χ0v) is 6.81. The first-order chi connectivity index (χ1) is 5.70. The quantitative estimate of drug-likeness (QED) is 0.613. The van der Waals surface area contributed by atoms with Gasteiger partial charge in [0.2, 0.25) is 5.88 Å². The second-order valence-electron chi connectivity index (χ2n) is 2.62. The standard InChI is InChI=1S/C7H8N4O/c1-4-5(2)10-7-8-3-9-11(7)6(4)12/h3,12H,1-2H3. The molecule has 0 aliphatic carbocycles. The fourth-order valence-corrected chi connectivity index (χ4v) is 1.02. The molecule has 0 radical (unpaired) electrons. The van der Waals surface area contributed by atoms with Crippen LogP contribution in [-0.2, 0) is 0 Å². The second kappa shape index (κ2) is 2.17. The SMILES string of the molecule is Cc1nc2ncnn2c(O)c1C. The number of hydrogen-bond acceptors (Lipinski definition) is 4. The van der Waals surface area contributed by atoms with Crippen LogP contribution in [0.1, 0.15) is 11.3 Å². The maximum absolute atomic E-state index is 9.55. The maximum Gasteiger partial charge on any atom is 0.255 e. The third-order valence-electron chi connectivity index (χ3n) is 1.88. The van der Waals surface area contributed by atoms with E-state index in [0.29, 0.717) is 5.78 Å². The van der Waals surface area contributed by atoms with Crippen LogP contribution < -0.4 is 0 Å². The molecule has 0 unspecified atom stereocenters. The number of fused-ring (bicyclic) bond motifs is 1. The van der Waals surface area contributed by atoms with E-state index in [4.69, 9.17) is 0 Å². The molecule has 0 aromatic carbocycles. The van der Waals surface area contributed by atoms with Crippen LogP contribution in [0.25, 0.3) is 5.78 Å². The van der Waals surface area contributed by atoms with Gasteiger partial charge in [-0.2, -0.15) is 14.6 Å². The summed E-state index contributed by atoms with van der Waals surface area (Å²) in [6, 6.07) is 0. The zero-order chi connectivity index (χ0) is 8.72. The molecule has 0 aliphatic rings. The van der Waals surface area contributed by atoms with E-state index in [1.165, 1.54) is 10.8 Å². The average molecular weight is 164 g/mol. The van der Waals surface area contributed by atoms with Gasteiger partial charge in [-0.05, 0) is 13.8 Å². The van der Waals surface area contributed by atoms with Crippen LogP contribution in [0.5, 0.6) is 5.88 Å². The average Bonchev–Trinajstić information content (AvgIpc) is 2.48. The Morgan fingerprint density at radius 1 is 1.42 bits per heavy atom. The molecule has 2 heterocycles. The van der Waals surface area contributed by atoms with Crippen LogP contribution in [0, 0.1) is 13.8 Å². The highest BCUT2D eigenvalue weighted by Gasteiger charge is 2.08. The topological polar surface area (TPSA) is 63.3 Å². The molecular weight excluding hydrogens is 156 g/mol. The summed E-state index contributed by atoms with van der Waals surface area (Å²) in [7, 11) is 0. The van der Waals surface area contributed by atoms with Crippen LogP contribution in [0.15, 0.2) is 6.33 Å². The van der Waals surface area contributed by atoms with Crippen LogP contribution in [0.2, 0.25) is 0 Å². The summed E-state index contributed by atoms with van der Waals surface area (Å²) in [4.78, 5) is 7.99. The Morgan fingerprint density at radius 3 is 2.92 bits per heavy atom. The lowest BCUT2D eigenvalue weighted by Gasteiger charge is -2.02. The molecule has 2 aromatic rings. The fraction of sp³-hybridized carbons (Fsp3) is 0.286. The first kappa shape index (κ1) is 7.02. The normalized spacial score (nSPS) is 10.8. The Morgan fingerprint density at radius 2 is 2.17 bits per heavy atom. The van der Waals surface area contributed by atoms with Crippen molar-refractivity contribution in [2.24, 2.45) is 0 Å². The smallest absolute Gasteiger partial charge is 0.255 e. The molecule has 12 heavy (non-hydrogen) atoms. The number of aromatic hydroxyl groups is 1. The Kier molecular flexibility index (Phi) is 1.27. The van der Waals surface area contributed by atoms with Gasteiger partial charge in [0.05, 0.1) is 0 Å². The van der Waals surface area contributed by atoms with Gasteiger partial charge in [0.1, 0.15) is 6.33 Å². The maximum atomic E-state index is 9.55. The number of aromatic nitrogens is 4. The van der Waals surface area contributed by atoms with Crippen LogP contribution in [-0.4, -0.2) is 24.7 Å². The third-order valence-corrected chi connectivity index (χ3v) is 1.88. The van der Waals surface area contributed by atoms with Crippen molar-refractivity contribution in [3.8, 4) is 5.88 Å². The lowest BCUT2D eigenvalue weighted by molar-refractivity contribution is 0.429. The van der Waals surface area contributed by atoms with Gasteiger partial charge in [-0.15, -0.1) is 0 Å². The molecule has 0 fully saturated rings. The molecule has 0 aliphatic heterocycles. The van der Waals surface area contributed by atoms with Gasteiger partial charge in [-0.3, -0.25) is 0 Å². The summed E-state index contributed by atoms with van der Waals surface area (Å²) in [6.07, 6.45) is 1.36. The molecule has 0 saturated heterocycles. The number of nitrogens with zero attached hydrogens (tertiary/aromatic N) is 4. The highest BCUT2D eigenvalue weighted by Crippen LogP contribution is 2.17. The zero-order valence-electron chi connectivity index (χ0n) is 6.81. The Balaban J connectivity index is 2.94. The van der Waals surface area contributed by atoms with Crippen molar-refractivity contribution in [3.05, 3.63) is 17.6 Å². The van der Waals surface area contributed by atoms with Crippen molar-refractivity contribution < 1.29 is 5.11 Å². The molecule has 62 valence electrons. The Bertz CT molecular complexity index is 434. The summed E-state index contributed by atoms with van der Waals surface area (Å²) in [5, 5.41) is 13.4. The minimum Gasteiger partial charge on any atom is -0.493 e. The molecular formula is C7H8N4O. The number of hydrogen-bond donors (Lipinski definition) is 1. The second-order valence-corrected chi connectivity index (χ2v) is 2.62. The van der Waals surface area contributed by atoms with Crippen molar-refractivity contribution in [2.75, 3.05) is 0 Å². The van der Waals surface area contributed by atoms with Gasteiger partial charge >= 0.3 is 0 Å². The highest BCUT2D eigenvalue weighted by molar-refractivity contribution is 5.38. The minimum absolute atomic E-state index is 0.106. The molecule has 0 amide bonds. The van der Waals surface area contributed by atoms with Crippen molar-refractivity contribution in [1.29, 1.82) is 0 Å². The van der Waals surface area contributed by atoms with Gasteiger partial charge in [-0.1, -0.05) is 0 Å². The minimum atomic E-state index is 0.106. The van der Waals surface area contributed by atoms with Gasteiger partial charge in [0, 0.05) is 11.3 Å². The summed E-state index contributed by atoms with van der Waals surface area (Å²) in [6.45, 7) is 3.61. The number of rotatable bonds is 0. The van der Waals surface area contributed by atoms with Crippen molar-refractivity contribution in [3.63, 3.8) is 0 Å². The first-order valence-electron chi connectivity index (χ1n) is 3.56. The van der Waals surface area contributed by atoms with E-state index in [-0.39, 0.29) is 5.88 Å².